The van der Waals surface area contributed by atoms with Crippen LogP contribution in [0, 0.1) is 10.1 Å². The molecular weight excluding hydrogens is 400 g/mol. The fourth-order valence-corrected chi connectivity index (χ4v) is 3.52. The number of methoxy groups -OCH3 is 1. The largest absolute Gasteiger partial charge is 0.493 e. The van der Waals surface area contributed by atoms with Crippen molar-refractivity contribution in [2.24, 2.45) is 0 Å². The van der Waals surface area contributed by atoms with E-state index in [9.17, 15) is 10.1 Å². The molecule has 0 spiro atoms. The van der Waals surface area contributed by atoms with Gasteiger partial charge < -0.3 is 14.2 Å². The zero-order valence-electron chi connectivity index (χ0n) is 17.2. The molecule has 1 aliphatic heterocycles. The number of para-hydroxylation sites is 1. The van der Waals surface area contributed by atoms with E-state index in [0.29, 0.717) is 49.1 Å². The molecule has 1 aromatic heterocycles. The fraction of sp³-hybridized carbons (Fsp3) is 0.318. The highest BCUT2D eigenvalue weighted by atomic mass is 16.6. The van der Waals surface area contributed by atoms with E-state index in [1.807, 2.05) is 24.3 Å². The number of aromatic amines is 1. The standard InChI is InChI=1S/C22H24N4O5/c1-29-21-14-16(6-7-19-17-4-2-3-5-18(17)23-24-19)20(26(27)28)15-22(21)31-13-10-25-8-11-30-12-9-25/h2-7,14-15H,8-13H2,1H3,(H,23,24). The van der Waals surface area contributed by atoms with Crippen LogP contribution in [0.5, 0.6) is 11.5 Å². The molecule has 4 rings (SSSR count). The van der Waals surface area contributed by atoms with E-state index in [1.54, 1.807) is 18.2 Å². The van der Waals surface area contributed by atoms with Crippen LogP contribution in [0.4, 0.5) is 5.69 Å². The van der Waals surface area contributed by atoms with Crippen molar-refractivity contribution in [1.29, 1.82) is 0 Å². The SMILES string of the molecule is COc1cc(C=Cc2n[nH]c3ccccc23)c([N+](=O)[O-])cc1OCCN1CCOCC1. The third-order valence-corrected chi connectivity index (χ3v) is 5.20. The van der Waals surface area contributed by atoms with Gasteiger partial charge in [0.25, 0.3) is 5.69 Å². The first-order valence-electron chi connectivity index (χ1n) is 10.1. The number of rotatable bonds is 8. The van der Waals surface area contributed by atoms with Crippen LogP contribution in [0.2, 0.25) is 0 Å². The number of nitrogens with zero attached hydrogens (tertiary/aromatic N) is 3. The third-order valence-electron chi connectivity index (χ3n) is 5.20. The van der Waals surface area contributed by atoms with Gasteiger partial charge in [-0.1, -0.05) is 18.2 Å². The molecule has 2 aromatic carbocycles. The van der Waals surface area contributed by atoms with Gasteiger partial charge in [-0.2, -0.15) is 5.10 Å². The zero-order valence-corrected chi connectivity index (χ0v) is 17.2. The van der Waals surface area contributed by atoms with E-state index in [1.165, 1.54) is 13.2 Å². The number of nitro groups is 1. The molecule has 0 saturated carbocycles. The van der Waals surface area contributed by atoms with Crippen LogP contribution in [-0.4, -0.2) is 66.6 Å². The summed E-state index contributed by atoms with van der Waals surface area (Å²) in [4.78, 5) is 13.5. The molecule has 0 radical (unpaired) electrons. The van der Waals surface area contributed by atoms with Crippen molar-refractivity contribution >= 4 is 28.7 Å². The van der Waals surface area contributed by atoms with Crippen molar-refractivity contribution in [2.75, 3.05) is 46.6 Å². The quantitative estimate of drug-likeness (QED) is 0.437. The summed E-state index contributed by atoms with van der Waals surface area (Å²) in [7, 11) is 1.52. The van der Waals surface area contributed by atoms with Gasteiger partial charge in [0.15, 0.2) is 11.5 Å². The predicted molar refractivity (Wildman–Crippen MR) is 117 cm³/mol. The second-order valence-electron chi connectivity index (χ2n) is 7.11. The Hall–Kier alpha value is -3.43. The smallest absolute Gasteiger partial charge is 0.280 e. The van der Waals surface area contributed by atoms with Crippen LogP contribution < -0.4 is 9.47 Å². The maximum Gasteiger partial charge on any atom is 0.280 e. The zero-order chi connectivity index (χ0) is 21.6. The average Bonchev–Trinajstić information content (AvgIpc) is 3.21. The second kappa shape index (κ2) is 9.59. The normalized spacial score (nSPS) is 14.9. The Morgan fingerprint density at radius 3 is 2.81 bits per heavy atom. The van der Waals surface area contributed by atoms with Crippen molar-refractivity contribution in [3.8, 4) is 11.5 Å². The Balaban J connectivity index is 1.55. The van der Waals surface area contributed by atoms with Gasteiger partial charge in [0.1, 0.15) is 6.61 Å². The molecule has 0 amide bonds. The van der Waals surface area contributed by atoms with Crippen molar-refractivity contribution in [2.45, 2.75) is 0 Å². The molecule has 3 aromatic rings. The van der Waals surface area contributed by atoms with Gasteiger partial charge >= 0.3 is 0 Å². The maximum atomic E-state index is 11.7. The fourth-order valence-electron chi connectivity index (χ4n) is 3.52. The minimum Gasteiger partial charge on any atom is -0.493 e. The molecule has 0 bridgehead atoms. The lowest BCUT2D eigenvalue weighted by atomic mass is 10.1. The maximum absolute atomic E-state index is 11.7. The third kappa shape index (κ3) is 4.84. The predicted octanol–water partition coefficient (Wildman–Crippen LogP) is 3.36. The molecule has 1 fully saturated rings. The van der Waals surface area contributed by atoms with Crippen LogP contribution >= 0.6 is 0 Å². The van der Waals surface area contributed by atoms with Crippen LogP contribution in [0.1, 0.15) is 11.3 Å². The molecule has 1 N–H and O–H groups in total. The molecule has 0 atom stereocenters. The van der Waals surface area contributed by atoms with Gasteiger partial charge in [0.05, 0.1) is 48.1 Å². The number of hydrogen-bond acceptors (Lipinski definition) is 7. The molecule has 9 nitrogen and oxygen atoms in total. The van der Waals surface area contributed by atoms with E-state index in [4.69, 9.17) is 14.2 Å². The van der Waals surface area contributed by atoms with Crippen molar-refractivity contribution < 1.29 is 19.1 Å². The minimum atomic E-state index is -0.420. The highest BCUT2D eigenvalue weighted by Crippen LogP contribution is 2.36. The van der Waals surface area contributed by atoms with Gasteiger partial charge in [-0.25, -0.2) is 0 Å². The van der Waals surface area contributed by atoms with E-state index in [0.717, 1.165) is 24.0 Å². The Morgan fingerprint density at radius 1 is 1.23 bits per heavy atom. The summed E-state index contributed by atoms with van der Waals surface area (Å²) in [6.07, 6.45) is 3.42. The number of nitro benzene ring substituents is 1. The lowest BCUT2D eigenvalue weighted by molar-refractivity contribution is -0.385. The summed E-state index contributed by atoms with van der Waals surface area (Å²) < 4.78 is 16.6. The average molecular weight is 424 g/mol. The monoisotopic (exact) mass is 424 g/mol. The molecule has 2 heterocycles. The van der Waals surface area contributed by atoms with Gasteiger partial charge in [-0.05, 0) is 24.3 Å². The lowest BCUT2D eigenvalue weighted by Crippen LogP contribution is -2.38. The first-order valence-corrected chi connectivity index (χ1v) is 10.1. The number of hydrogen-bond donors (Lipinski definition) is 1. The summed E-state index contributed by atoms with van der Waals surface area (Å²) in [5.41, 5.74) is 1.96. The highest BCUT2D eigenvalue weighted by Gasteiger charge is 2.19. The number of morpholine rings is 1. The Kier molecular flexibility index (Phi) is 6.44. The van der Waals surface area contributed by atoms with E-state index in [-0.39, 0.29) is 5.69 Å². The molecular formula is C22H24N4O5. The summed E-state index contributed by atoms with van der Waals surface area (Å²) in [5, 5.41) is 19.9. The second-order valence-corrected chi connectivity index (χ2v) is 7.11. The van der Waals surface area contributed by atoms with E-state index < -0.39 is 4.92 Å². The number of ether oxygens (including phenoxy) is 3. The highest BCUT2D eigenvalue weighted by molar-refractivity contribution is 5.90. The topological polar surface area (TPSA) is 103 Å². The molecule has 1 aliphatic rings. The summed E-state index contributed by atoms with van der Waals surface area (Å²) >= 11 is 0. The van der Waals surface area contributed by atoms with Gasteiger partial charge in [-0.15, -0.1) is 0 Å². The summed E-state index contributed by atoms with van der Waals surface area (Å²) in [6, 6.07) is 10.7. The molecule has 162 valence electrons. The number of fused-ring (bicyclic) bond motifs is 1. The molecule has 0 aliphatic carbocycles. The van der Waals surface area contributed by atoms with E-state index in [2.05, 4.69) is 15.1 Å². The van der Waals surface area contributed by atoms with E-state index >= 15 is 0 Å². The number of H-pyrrole nitrogens is 1. The van der Waals surface area contributed by atoms with Crippen molar-refractivity contribution in [3.63, 3.8) is 0 Å². The Bertz CT molecular complexity index is 1090. The van der Waals surface area contributed by atoms with Crippen LogP contribution in [0.3, 0.4) is 0 Å². The van der Waals surface area contributed by atoms with Crippen LogP contribution in [0.15, 0.2) is 36.4 Å². The Labute approximate surface area is 179 Å². The van der Waals surface area contributed by atoms with Crippen molar-refractivity contribution in [3.05, 3.63) is 57.8 Å². The Morgan fingerprint density at radius 2 is 2.03 bits per heavy atom. The number of nitrogens with one attached hydrogen (secondary N) is 1. The number of aromatic nitrogens is 2. The molecule has 31 heavy (non-hydrogen) atoms. The van der Waals surface area contributed by atoms with Gasteiger partial charge in [0, 0.05) is 25.0 Å². The lowest BCUT2D eigenvalue weighted by Gasteiger charge is -2.26. The van der Waals surface area contributed by atoms with Gasteiger partial charge in [0.2, 0.25) is 0 Å². The van der Waals surface area contributed by atoms with Crippen LogP contribution in [-0.2, 0) is 4.74 Å². The van der Waals surface area contributed by atoms with Crippen molar-refractivity contribution in [1.82, 2.24) is 15.1 Å². The van der Waals surface area contributed by atoms with Crippen LogP contribution in [0.25, 0.3) is 23.1 Å². The molecule has 9 heteroatoms. The first-order chi connectivity index (χ1) is 15.2. The molecule has 1 saturated heterocycles. The molecule has 0 unspecified atom stereocenters. The van der Waals surface area contributed by atoms with Gasteiger partial charge in [-0.3, -0.25) is 20.1 Å². The summed E-state index contributed by atoms with van der Waals surface area (Å²) in [6.45, 7) is 4.25. The number of benzene rings is 2. The summed E-state index contributed by atoms with van der Waals surface area (Å²) in [5.74, 6) is 0.795. The first kappa shape index (κ1) is 20.8. The minimum absolute atomic E-state index is 0.0572.